The summed E-state index contributed by atoms with van der Waals surface area (Å²) in [7, 11) is 1.92. The van der Waals surface area contributed by atoms with Gasteiger partial charge in [-0.15, -0.1) is 0 Å². The molecule has 1 aromatic heterocycles. The average molecular weight is 298 g/mol. The maximum atomic E-state index is 6.30. The van der Waals surface area contributed by atoms with Crippen LogP contribution in [0.4, 0.5) is 0 Å². The van der Waals surface area contributed by atoms with Crippen molar-refractivity contribution in [2.24, 2.45) is 12.8 Å². The van der Waals surface area contributed by atoms with E-state index in [0.717, 1.165) is 22.5 Å². The van der Waals surface area contributed by atoms with E-state index in [-0.39, 0.29) is 6.04 Å². The molecule has 0 aliphatic heterocycles. The largest absolute Gasteiger partial charge is 0.324 e. The minimum absolute atomic E-state index is 0.118. The second-order valence-electron chi connectivity index (χ2n) is 4.75. The van der Waals surface area contributed by atoms with E-state index in [1.807, 2.05) is 37.7 Å². The fourth-order valence-electron chi connectivity index (χ4n) is 2.35. The number of hydrogen-bond donors (Lipinski definition) is 1. The second kappa shape index (κ2) is 5.53. The van der Waals surface area contributed by atoms with Gasteiger partial charge in [0.2, 0.25) is 0 Å². The predicted molar refractivity (Wildman–Crippen MR) is 79.8 cm³/mol. The lowest BCUT2D eigenvalue weighted by Crippen LogP contribution is -2.15. The van der Waals surface area contributed by atoms with Gasteiger partial charge in [0, 0.05) is 34.4 Å². The van der Waals surface area contributed by atoms with Crippen LogP contribution in [0.5, 0.6) is 0 Å². The SMILES string of the molecule is Cc1nn(C)c(C)c1C(N)Cc1ccc(Cl)cc1Cl. The zero-order valence-corrected chi connectivity index (χ0v) is 12.8. The monoisotopic (exact) mass is 297 g/mol. The van der Waals surface area contributed by atoms with E-state index in [4.69, 9.17) is 28.9 Å². The Labute approximate surface area is 123 Å². The van der Waals surface area contributed by atoms with E-state index in [2.05, 4.69) is 5.10 Å². The van der Waals surface area contributed by atoms with Gasteiger partial charge < -0.3 is 5.73 Å². The zero-order valence-electron chi connectivity index (χ0n) is 11.2. The molecule has 1 heterocycles. The quantitative estimate of drug-likeness (QED) is 0.941. The highest BCUT2D eigenvalue weighted by Gasteiger charge is 2.18. The Hall–Kier alpha value is -1.03. The van der Waals surface area contributed by atoms with Crippen LogP contribution in [0, 0.1) is 13.8 Å². The first-order valence-corrected chi connectivity index (χ1v) is 6.85. The van der Waals surface area contributed by atoms with Gasteiger partial charge in [0.05, 0.1) is 5.69 Å². The molecular weight excluding hydrogens is 281 g/mol. The number of benzene rings is 1. The van der Waals surface area contributed by atoms with Crippen molar-refractivity contribution in [3.8, 4) is 0 Å². The Morgan fingerprint density at radius 3 is 2.53 bits per heavy atom. The van der Waals surface area contributed by atoms with Crippen LogP contribution >= 0.6 is 23.2 Å². The Morgan fingerprint density at radius 1 is 1.32 bits per heavy atom. The molecule has 5 heteroatoms. The molecule has 3 nitrogen and oxygen atoms in total. The molecule has 0 aliphatic carbocycles. The topological polar surface area (TPSA) is 43.8 Å². The van der Waals surface area contributed by atoms with Gasteiger partial charge >= 0.3 is 0 Å². The molecule has 0 radical (unpaired) electrons. The molecule has 1 unspecified atom stereocenters. The first-order chi connectivity index (χ1) is 8.90. The standard InChI is InChI=1S/C14H17Cl2N3/c1-8-14(9(2)19(3)18-8)13(17)6-10-4-5-11(15)7-12(10)16/h4-5,7,13H,6,17H2,1-3H3. The third-order valence-corrected chi connectivity index (χ3v) is 3.98. The van der Waals surface area contributed by atoms with Crippen LogP contribution in [0.2, 0.25) is 10.0 Å². The fourth-order valence-corrected chi connectivity index (χ4v) is 2.84. The molecule has 0 saturated heterocycles. The van der Waals surface area contributed by atoms with E-state index in [9.17, 15) is 0 Å². The summed E-state index contributed by atoms with van der Waals surface area (Å²) < 4.78 is 1.86. The van der Waals surface area contributed by atoms with E-state index in [0.29, 0.717) is 16.5 Å². The van der Waals surface area contributed by atoms with Gasteiger partial charge in [0.25, 0.3) is 0 Å². The van der Waals surface area contributed by atoms with Crippen molar-refractivity contribution < 1.29 is 0 Å². The summed E-state index contributed by atoms with van der Waals surface area (Å²) >= 11 is 12.1. The number of aromatic nitrogens is 2. The van der Waals surface area contributed by atoms with Gasteiger partial charge in [-0.1, -0.05) is 29.3 Å². The summed E-state index contributed by atoms with van der Waals surface area (Å²) in [4.78, 5) is 0. The van der Waals surface area contributed by atoms with Crippen LogP contribution < -0.4 is 5.73 Å². The third kappa shape index (κ3) is 2.94. The number of aryl methyl sites for hydroxylation is 2. The molecule has 2 rings (SSSR count). The Morgan fingerprint density at radius 2 is 2.00 bits per heavy atom. The molecule has 0 bridgehead atoms. The van der Waals surface area contributed by atoms with Gasteiger partial charge in [-0.25, -0.2) is 0 Å². The normalized spacial score (nSPS) is 12.7. The molecule has 2 N–H and O–H groups in total. The number of halogens is 2. The highest BCUT2D eigenvalue weighted by Crippen LogP contribution is 2.27. The number of rotatable bonds is 3. The third-order valence-electron chi connectivity index (χ3n) is 3.39. The minimum Gasteiger partial charge on any atom is -0.324 e. The van der Waals surface area contributed by atoms with Crippen molar-refractivity contribution in [1.29, 1.82) is 0 Å². The maximum absolute atomic E-state index is 6.30. The average Bonchev–Trinajstić information content (AvgIpc) is 2.57. The fraction of sp³-hybridized carbons (Fsp3) is 0.357. The predicted octanol–water partition coefficient (Wildman–Crippen LogP) is 3.59. The van der Waals surface area contributed by atoms with Crippen LogP contribution in [0.3, 0.4) is 0 Å². The van der Waals surface area contributed by atoms with Gasteiger partial charge in [0.15, 0.2) is 0 Å². The van der Waals surface area contributed by atoms with E-state index in [1.165, 1.54) is 0 Å². The Kier molecular flexibility index (Phi) is 4.19. The van der Waals surface area contributed by atoms with Gasteiger partial charge in [-0.05, 0) is 38.0 Å². The molecule has 102 valence electrons. The van der Waals surface area contributed by atoms with Crippen LogP contribution in [-0.2, 0) is 13.5 Å². The Balaban J connectivity index is 2.28. The lowest BCUT2D eigenvalue weighted by atomic mass is 9.98. The second-order valence-corrected chi connectivity index (χ2v) is 5.60. The van der Waals surface area contributed by atoms with Crippen molar-refractivity contribution in [2.75, 3.05) is 0 Å². The molecule has 1 aromatic carbocycles. The molecule has 2 aromatic rings. The summed E-state index contributed by atoms with van der Waals surface area (Å²) in [5.41, 5.74) is 10.5. The minimum atomic E-state index is -0.118. The molecule has 0 fully saturated rings. The van der Waals surface area contributed by atoms with E-state index >= 15 is 0 Å². The highest BCUT2D eigenvalue weighted by molar-refractivity contribution is 6.35. The van der Waals surface area contributed by atoms with E-state index < -0.39 is 0 Å². The number of nitrogens with zero attached hydrogens (tertiary/aromatic N) is 2. The number of nitrogens with two attached hydrogens (primary N) is 1. The molecule has 0 aliphatic rings. The first kappa shape index (κ1) is 14.4. The Bertz CT molecular complexity index is 605. The summed E-state index contributed by atoms with van der Waals surface area (Å²) in [6, 6.07) is 5.38. The summed E-state index contributed by atoms with van der Waals surface area (Å²) in [5, 5.41) is 5.68. The van der Waals surface area contributed by atoms with Crippen LogP contribution in [-0.4, -0.2) is 9.78 Å². The molecule has 1 atom stereocenters. The lowest BCUT2D eigenvalue weighted by molar-refractivity contribution is 0.700. The van der Waals surface area contributed by atoms with Crippen molar-refractivity contribution in [3.63, 3.8) is 0 Å². The zero-order chi connectivity index (χ0) is 14.2. The summed E-state index contributed by atoms with van der Waals surface area (Å²) in [6.45, 7) is 4.00. The smallest absolute Gasteiger partial charge is 0.0644 e. The maximum Gasteiger partial charge on any atom is 0.0644 e. The van der Waals surface area contributed by atoms with Gasteiger partial charge in [0.1, 0.15) is 0 Å². The summed E-state index contributed by atoms with van der Waals surface area (Å²) in [6.07, 6.45) is 0.670. The molecule has 0 amide bonds. The van der Waals surface area contributed by atoms with Gasteiger partial charge in [-0.3, -0.25) is 4.68 Å². The van der Waals surface area contributed by atoms with Crippen LogP contribution in [0.1, 0.15) is 28.6 Å². The molecular formula is C14H17Cl2N3. The van der Waals surface area contributed by atoms with Gasteiger partial charge in [-0.2, -0.15) is 5.10 Å². The van der Waals surface area contributed by atoms with Crippen molar-refractivity contribution in [3.05, 3.63) is 50.8 Å². The molecule has 19 heavy (non-hydrogen) atoms. The lowest BCUT2D eigenvalue weighted by Gasteiger charge is -2.14. The van der Waals surface area contributed by atoms with Crippen molar-refractivity contribution in [2.45, 2.75) is 26.3 Å². The van der Waals surface area contributed by atoms with Crippen LogP contribution in [0.25, 0.3) is 0 Å². The van der Waals surface area contributed by atoms with E-state index in [1.54, 1.807) is 6.07 Å². The van der Waals surface area contributed by atoms with Crippen LogP contribution in [0.15, 0.2) is 18.2 Å². The summed E-state index contributed by atoms with van der Waals surface area (Å²) in [5.74, 6) is 0. The first-order valence-electron chi connectivity index (χ1n) is 6.09. The molecule has 0 saturated carbocycles. The van der Waals surface area contributed by atoms with Crippen molar-refractivity contribution in [1.82, 2.24) is 9.78 Å². The molecule has 0 spiro atoms. The highest BCUT2D eigenvalue weighted by atomic mass is 35.5. The van der Waals surface area contributed by atoms with Crippen molar-refractivity contribution >= 4 is 23.2 Å². The number of hydrogen-bond acceptors (Lipinski definition) is 2.